The van der Waals surface area contributed by atoms with Gasteiger partial charge in [0, 0.05) is 10.0 Å². The van der Waals surface area contributed by atoms with E-state index < -0.39 is 29.6 Å². The predicted octanol–water partition coefficient (Wildman–Crippen LogP) is 3.72. The third-order valence-electron chi connectivity index (χ3n) is 4.38. The molecule has 3 rings (SSSR count). The van der Waals surface area contributed by atoms with Gasteiger partial charge in [0.15, 0.2) is 10.9 Å². The molecule has 1 aliphatic heterocycles. The second-order valence-corrected chi connectivity index (χ2v) is 7.42. The molecule has 0 amide bonds. The summed E-state index contributed by atoms with van der Waals surface area (Å²) < 4.78 is 42.2. The molecule has 1 aliphatic rings. The minimum atomic E-state index is -5.14. The minimum absolute atomic E-state index is 0.0590. The van der Waals surface area contributed by atoms with Gasteiger partial charge in [-0.25, -0.2) is 0 Å². The maximum absolute atomic E-state index is 13.8. The molecule has 0 unspecified atom stereocenters. The van der Waals surface area contributed by atoms with Gasteiger partial charge in [0.05, 0.1) is 6.04 Å². The zero-order valence-electron chi connectivity index (χ0n) is 13.6. The lowest BCUT2D eigenvalue weighted by Crippen LogP contribution is -2.72. The topological polar surface area (TPSA) is 61.4 Å². The first-order valence-corrected chi connectivity index (χ1v) is 9.06. The molecule has 1 fully saturated rings. The summed E-state index contributed by atoms with van der Waals surface area (Å²) in [6.07, 6.45) is -5.14. The molecule has 1 saturated heterocycles. The molecule has 0 aliphatic carbocycles. The van der Waals surface area contributed by atoms with Gasteiger partial charge in [-0.1, -0.05) is 58.4 Å². The third-order valence-corrected chi connectivity index (χ3v) is 5.12. The number of rotatable bonds is 3. The van der Waals surface area contributed by atoms with Gasteiger partial charge in [-0.3, -0.25) is 4.79 Å². The molecule has 0 aromatic heterocycles. The van der Waals surface area contributed by atoms with Crippen LogP contribution in [0.5, 0.6) is 0 Å². The Morgan fingerprint density at radius 1 is 1.11 bits per heavy atom. The van der Waals surface area contributed by atoms with Gasteiger partial charge in [-0.2, -0.15) is 13.2 Å². The first kappa shape index (κ1) is 19.8. The van der Waals surface area contributed by atoms with Crippen molar-refractivity contribution in [3.8, 4) is 0 Å². The molecule has 3 atom stereocenters. The van der Waals surface area contributed by atoms with Crippen molar-refractivity contribution in [2.45, 2.75) is 17.9 Å². The van der Waals surface area contributed by atoms with Gasteiger partial charge < -0.3 is 15.7 Å². The van der Waals surface area contributed by atoms with Gasteiger partial charge in [0.1, 0.15) is 5.92 Å². The molecule has 27 heavy (non-hydrogen) atoms. The molecule has 3 N–H and O–H groups in total. The Kier molecular flexibility index (Phi) is 5.29. The van der Waals surface area contributed by atoms with E-state index in [1.807, 2.05) is 5.32 Å². The molecule has 2 aromatic carbocycles. The zero-order chi connectivity index (χ0) is 19.8. The van der Waals surface area contributed by atoms with Gasteiger partial charge in [0.2, 0.25) is 5.72 Å². The van der Waals surface area contributed by atoms with Crippen LogP contribution in [-0.4, -0.2) is 27.9 Å². The lowest BCUT2D eigenvalue weighted by Gasteiger charge is -2.46. The largest absolute Gasteiger partial charge is 0.437 e. The average molecular weight is 459 g/mol. The Labute approximate surface area is 166 Å². The lowest BCUT2D eigenvalue weighted by atomic mass is 9.77. The number of carbonyl (C=O) groups is 1. The number of carbonyl (C=O) groups excluding carboxylic acids is 1. The van der Waals surface area contributed by atoms with E-state index >= 15 is 0 Å². The van der Waals surface area contributed by atoms with E-state index in [0.29, 0.717) is 5.56 Å². The number of benzene rings is 2. The fraction of sp³-hybridized carbons (Fsp3) is 0.222. The second-order valence-electron chi connectivity index (χ2n) is 6.10. The van der Waals surface area contributed by atoms with Crippen molar-refractivity contribution in [3.05, 3.63) is 70.2 Å². The van der Waals surface area contributed by atoms with Crippen LogP contribution in [0.3, 0.4) is 0 Å². The van der Waals surface area contributed by atoms with Crippen LogP contribution in [0.2, 0.25) is 0 Å². The Balaban J connectivity index is 2.15. The summed E-state index contributed by atoms with van der Waals surface area (Å²) in [4.78, 5) is 13.0. The van der Waals surface area contributed by atoms with Crippen molar-refractivity contribution in [2.24, 2.45) is 5.92 Å². The van der Waals surface area contributed by atoms with E-state index in [9.17, 15) is 23.1 Å². The summed E-state index contributed by atoms with van der Waals surface area (Å²) in [6.45, 7) is 0. The number of nitrogens with one attached hydrogen (secondary N) is 2. The minimum Gasteiger partial charge on any atom is -0.363 e. The molecule has 0 bridgehead atoms. The van der Waals surface area contributed by atoms with Gasteiger partial charge in [-0.15, -0.1) is 0 Å². The summed E-state index contributed by atoms with van der Waals surface area (Å²) in [5.41, 5.74) is -3.07. The molecule has 142 valence electrons. The molecule has 4 nitrogen and oxygen atoms in total. The summed E-state index contributed by atoms with van der Waals surface area (Å²) in [6, 6.07) is 12.8. The molecule has 0 saturated carbocycles. The van der Waals surface area contributed by atoms with Crippen LogP contribution >= 0.6 is 28.1 Å². The number of hydrogen-bond donors (Lipinski definition) is 3. The zero-order valence-corrected chi connectivity index (χ0v) is 16.0. The predicted molar refractivity (Wildman–Crippen MR) is 101 cm³/mol. The monoisotopic (exact) mass is 458 g/mol. The second kappa shape index (κ2) is 7.21. The van der Waals surface area contributed by atoms with Crippen LogP contribution in [0.15, 0.2) is 59.1 Å². The quantitative estimate of drug-likeness (QED) is 0.483. The molecule has 9 heteroatoms. The molecule has 1 heterocycles. The fourth-order valence-corrected chi connectivity index (χ4v) is 3.62. The maximum atomic E-state index is 13.8. The van der Waals surface area contributed by atoms with Crippen LogP contribution in [0.4, 0.5) is 13.2 Å². The van der Waals surface area contributed by atoms with Crippen LogP contribution in [0, 0.1) is 5.92 Å². The highest BCUT2D eigenvalue weighted by molar-refractivity contribution is 9.10. The van der Waals surface area contributed by atoms with E-state index in [2.05, 4.69) is 21.2 Å². The van der Waals surface area contributed by atoms with Gasteiger partial charge >= 0.3 is 6.18 Å². The van der Waals surface area contributed by atoms with Crippen LogP contribution in [-0.2, 0) is 0 Å². The number of alkyl halides is 3. The van der Waals surface area contributed by atoms with E-state index in [0.717, 1.165) is 4.47 Å². The Morgan fingerprint density at radius 3 is 2.26 bits per heavy atom. The summed E-state index contributed by atoms with van der Waals surface area (Å²) in [5.74, 6) is -2.75. The van der Waals surface area contributed by atoms with Gasteiger partial charge in [0.25, 0.3) is 0 Å². The smallest absolute Gasteiger partial charge is 0.363 e. The Bertz CT molecular complexity index is 861. The summed E-state index contributed by atoms with van der Waals surface area (Å²) >= 11 is 8.14. The van der Waals surface area contributed by atoms with Crippen molar-refractivity contribution in [1.82, 2.24) is 10.6 Å². The molecule has 0 radical (unpaired) electrons. The van der Waals surface area contributed by atoms with Crippen LogP contribution in [0.1, 0.15) is 22.0 Å². The van der Waals surface area contributed by atoms with E-state index in [1.54, 1.807) is 42.5 Å². The van der Waals surface area contributed by atoms with Crippen molar-refractivity contribution < 1.29 is 23.1 Å². The van der Waals surface area contributed by atoms with E-state index in [1.165, 1.54) is 12.1 Å². The standard InChI is InChI=1S/C18H14BrF3N2O2S/c19-12-8-6-10(7-9-12)14-13(15(25)11-4-2-1-3-5-11)17(26,18(20,21)22)24-16(27)23-14/h1-9,13-14,26H,(H2,23,24,27)/t13-,14+,17+/m1/s1. The average Bonchev–Trinajstić information content (AvgIpc) is 2.61. The maximum Gasteiger partial charge on any atom is 0.437 e. The Morgan fingerprint density at radius 2 is 1.70 bits per heavy atom. The van der Waals surface area contributed by atoms with Crippen LogP contribution < -0.4 is 10.6 Å². The summed E-state index contributed by atoms with van der Waals surface area (Å²) in [7, 11) is 0. The highest BCUT2D eigenvalue weighted by Crippen LogP contribution is 2.44. The third kappa shape index (κ3) is 3.71. The number of ketones is 1. The molecule has 2 aromatic rings. The van der Waals surface area contributed by atoms with E-state index in [-0.39, 0.29) is 10.7 Å². The summed E-state index contributed by atoms with van der Waals surface area (Å²) in [5, 5.41) is 14.7. The SMILES string of the molecule is O=C(c1ccccc1)[C@H]1[C@H](c2ccc(Br)cc2)NC(=S)N[C@@]1(O)C(F)(F)F. The lowest BCUT2D eigenvalue weighted by molar-refractivity contribution is -0.285. The van der Waals surface area contributed by atoms with Crippen molar-refractivity contribution in [2.75, 3.05) is 0 Å². The molecular weight excluding hydrogens is 445 g/mol. The number of thiocarbonyl (C=S) groups is 1. The number of aliphatic hydroxyl groups is 1. The Hall–Kier alpha value is -1.97. The number of hydrogen-bond acceptors (Lipinski definition) is 3. The number of Topliss-reactive ketones (excluding diaryl/α,β-unsaturated/α-hetero) is 1. The molecule has 0 spiro atoms. The van der Waals surface area contributed by atoms with E-state index in [4.69, 9.17) is 12.2 Å². The fourth-order valence-electron chi connectivity index (χ4n) is 3.07. The van der Waals surface area contributed by atoms with Crippen molar-refractivity contribution in [3.63, 3.8) is 0 Å². The number of halogens is 4. The molecular formula is C18H14BrF3N2O2S. The normalized spacial score (nSPS) is 25.4. The first-order chi connectivity index (χ1) is 12.6. The highest BCUT2D eigenvalue weighted by atomic mass is 79.9. The first-order valence-electron chi connectivity index (χ1n) is 7.86. The highest BCUT2D eigenvalue weighted by Gasteiger charge is 2.65. The van der Waals surface area contributed by atoms with Gasteiger partial charge in [-0.05, 0) is 29.9 Å². The van der Waals surface area contributed by atoms with Crippen molar-refractivity contribution >= 4 is 39.0 Å². The van der Waals surface area contributed by atoms with Crippen molar-refractivity contribution in [1.29, 1.82) is 0 Å². The van der Waals surface area contributed by atoms with Crippen LogP contribution in [0.25, 0.3) is 0 Å².